The third kappa shape index (κ3) is 3.55. The Morgan fingerprint density at radius 3 is 2.41 bits per heavy atom. The molecule has 5 aliphatic rings. The first-order valence-electron chi connectivity index (χ1n) is 13.4. The van der Waals surface area contributed by atoms with Crippen LogP contribution >= 0.6 is 0 Å². The molecule has 1 aliphatic heterocycles. The third-order valence-electron chi connectivity index (χ3n) is 11.0. The minimum Gasteiger partial charge on any atom is -0.432 e. The molecule has 13 atom stereocenters. The molecule has 5 rings (SSSR count). The van der Waals surface area contributed by atoms with E-state index in [1.165, 1.54) is 0 Å². The van der Waals surface area contributed by atoms with E-state index >= 15 is 0 Å². The first-order chi connectivity index (χ1) is 17.3. The van der Waals surface area contributed by atoms with E-state index in [-0.39, 0.29) is 12.3 Å². The van der Waals surface area contributed by atoms with E-state index < -0.39 is 95.5 Å². The fourth-order valence-corrected chi connectivity index (χ4v) is 9.29. The summed E-state index contributed by atoms with van der Waals surface area (Å²) >= 11 is 0. The van der Waals surface area contributed by atoms with E-state index in [2.05, 4.69) is 0 Å². The van der Waals surface area contributed by atoms with Crippen LogP contribution in [-0.2, 0) is 19.1 Å². The first kappa shape index (κ1) is 27.4. The maximum atomic E-state index is 13.7. The van der Waals surface area contributed by atoms with Crippen molar-refractivity contribution in [3.8, 4) is 0 Å². The SMILES string of the molecule is C[C@@]12CCC[C@@](C)(C(=O)O[C@@H]3O[C@H](CO)[C@@H](O)[C@H](O)[C@H]3O)[C@H]1CC[C@@]13C[C@H](C[C@H](O)[C@H]12)[C@](O)(CO)C3=O. The zero-order valence-electron chi connectivity index (χ0n) is 21.3. The van der Waals surface area contributed by atoms with Gasteiger partial charge in [0.2, 0.25) is 6.29 Å². The molecule has 11 nitrogen and oxygen atoms in total. The lowest BCUT2D eigenvalue weighted by molar-refractivity contribution is -0.298. The van der Waals surface area contributed by atoms with Crippen molar-refractivity contribution in [1.82, 2.24) is 0 Å². The molecule has 0 amide bonds. The molecule has 0 aromatic heterocycles. The number of carbonyl (C=O) groups excluding carboxylic acids is 2. The average Bonchev–Trinajstić information content (AvgIpc) is 3.02. The Kier molecular flexibility index (Phi) is 6.60. The summed E-state index contributed by atoms with van der Waals surface area (Å²) in [4.78, 5) is 27.4. The molecule has 1 heterocycles. The molecule has 0 unspecified atom stereocenters. The number of fused-ring (bicyclic) bond motifs is 3. The van der Waals surface area contributed by atoms with Gasteiger partial charge in [0.15, 0.2) is 5.78 Å². The predicted octanol–water partition coefficient (Wildman–Crippen LogP) is -1.38. The Bertz CT molecular complexity index is 941. The van der Waals surface area contributed by atoms with Crippen LogP contribution in [0.2, 0.25) is 0 Å². The summed E-state index contributed by atoms with van der Waals surface area (Å²) in [5.74, 6) is -2.35. The quantitative estimate of drug-likeness (QED) is 0.212. The molecule has 4 aliphatic carbocycles. The van der Waals surface area contributed by atoms with Crippen molar-refractivity contribution in [3.63, 3.8) is 0 Å². The summed E-state index contributed by atoms with van der Waals surface area (Å²) in [5.41, 5.74) is -4.53. The highest BCUT2D eigenvalue weighted by atomic mass is 16.7. The largest absolute Gasteiger partial charge is 0.432 e. The number of rotatable bonds is 4. The van der Waals surface area contributed by atoms with Crippen LogP contribution in [0.25, 0.3) is 0 Å². The van der Waals surface area contributed by atoms with Crippen molar-refractivity contribution < 1.29 is 54.8 Å². The van der Waals surface area contributed by atoms with Crippen molar-refractivity contribution in [2.45, 2.75) is 101 Å². The lowest BCUT2D eigenvalue weighted by Gasteiger charge is -2.63. The Labute approximate surface area is 215 Å². The van der Waals surface area contributed by atoms with Gasteiger partial charge in [0, 0.05) is 17.3 Å². The number of aliphatic hydroxyl groups excluding tert-OH is 6. The van der Waals surface area contributed by atoms with E-state index in [1.807, 2.05) is 6.92 Å². The maximum Gasteiger partial charge on any atom is 0.314 e. The number of carbonyl (C=O) groups is 2. The molecule has 5 fully saturated rings. The summed E-state index contributed by atoms with van der Waals surface area (Å²) in [6.07, 6.45) is -5.43. The highest BCUT2D eigenvalue weighted by Gasteiger charge is 2.74. The van der Waals surface area contributed by atoms with Crippen LogP contribution in [0.15, 0.2) is 0 Å². The van der Waals surface area contributed by atoms with Crippen LogP contribution in [0, 0.1) is 34.0 Å². The van der Waals surface area contributed by atoms with Crippen LogP contribution in [0.3, 0.4) is 0 Å². The Morgan fingerprint density at radius 1 is 1.05 bits per heavy atom. The molecule has 1 saturated heterocycles. The van der Waals surface area contributed by atoms with Gasteiger partial charge < -0.3 is 45.2 Å². The van der Waals surface area contributed by atoms with Gasteiger partial charge in [0.1, 0.15) is 30.0 Å². The summed E-state index contributed by atoms with van der Waals surface area (Å²) in [5, 5.41) is 72.3. The summed E-state index contributed by atoms with van der Waals surface area (Å²) in [6, 6.07) is 0. The number of ketones is 1. The van der Waals surface area contributed by atoms with E-state index in [9.17, 15) is 45.3 Å². The Morgan fingerprint density at radius 2 is 1.76 bits per heavy atom. The number of hydrogen-bond donors (Lipinski definition) is 7. The molecule has 4 saturated carbocycles. The van der Waals surface area contributed by atoms with Crippen molar-refractivity contribution in [1.29, 1.82) is 0 Å². The molecule has 210 valence electrons. The van der Waals surface area contributed by atoms with Crippen LogP contribution in [0.4, 0.5) is 0 Å². The lowest BCUT2D eigenvalue weighted by atomic mass is 9.40. The average molecular weight is 529 g/mol. The maximum absolute atomic E-state index is 13.7. The molecule has 0 radical (unpaired) electrons. The van der Waals surface area contributed by atoms with E-state index in [0.717, 1.165) is 0 Å². The van der Waals surface area contributed by atoms with Crippen molar-refractivity contribution >= 4 is 11.8 Å². The lowest BCUT2D eigenvalue weighted by Crippen LogP contribution is -2.64. The van der Waals surface area contributed by atoms with Gasteiger partial charge in [0.05, 0.1) is 24.7 Å². The minimum atomic E-state index is -1.86. The van der Waals surface area contributed by atoms with Crippen molar-refractivity contribution in [2.24, 2.45) is 34.0 Å². The summed E-state index contributed by atoms with van der Waals surface area (Å²) < 4.78 is 11.0. The van der Waals surface area contributed by atoms with Crippen molar-refractivity contribution in [3.05, 3.63) is 0 Å². The molecule has 11 heteroatoms. The number of hydrogen-bond acceptors (Lipinski definition) is 11. The second kappa shape index (κ2) is 8.92. The molecule has 37 heavy (non-hydrogen) atoms. The number of aliphatic hydroxyl groups is 7. The van der Waals surface area contributed by atoms with Crippen LogP contribution in [0.1, 0.15) is 58.8 Å². The van der Waals surface area contributed by atoms with Gasteiger partial charge in [-0.25, -0.2) is 0 Å². The normalized spacial score (nSPS) is 55.4. The topological polar surface area (TPSA) is 194 Å². The van der Waals surface area contributed by atoms with Gasteiger partial charge in [-0.1, -0.05) is 13.3 Å². The predicted molar refractivity (Wildman–Crippen MR) is 124 cm³/mol. The van der Waals surface area contributed by atoms with Crippen molar-refractivity contribution in [2.75, 3.05) is 13.2 Å². The molecule has 2 bridgehead atoms. The van der Waals surface area contributed by atoms with Crippen LogP contribution in [-0.4, -0.2) is 103 Å². The molecule has 0 aromatic rings. The standard InChI is InChI=1S/C26H40O11/c1-23-5-3-6-24(2,22(34)37-20-18(32)17(31)16(30)14(10-27)36-20)15(23)4-7-25-9-12(8-13(29)19(23)25)26(35,11-28)21(25)33/h12-20,27-32,35H,3-11H2,1-2H3/t12-,13-,14+,15-,16+,17-,18+,19-,20-,23+,24+,25+,26+/m0/s1. The smallest absolute Gasteiger partial charge is 0.314 e. The van der Waals surface area contributed by atoms with E-state index in [0.29, 0.717) is 38.5 Å². The van der Waals surface area contributed by atoms with Gasteiger partial charge in [-0.2, -0.15) is 0 Å². The molecule has 7 N–H and O–H groups in total. The minimum absolute atomic E-state index is 0.198. The van der Waals surface area contributed by atoms with Crippen LogP contribution < -0.4 is 0 Å². The second-order valence-corrected chi connectivity index (χ2v) is 12.7. The molecule has 1 spiro atoms. The molecular weight excluding hydrogens is 488 g/mol. The second-order valence-electron chi connectivity index (χ2n) is 12.7. The highest BCUT2D eigenvalue weighted by Crippen LogP contribution is 2.71. The fourth-order valence-electron chi connectivity index (χ4n) is 9.29. The van der Waals surface area contributed by atoms with Gasteiger partial charge in [-0.3, -0.25) is 9.59 Å². The van der Waals surface area contributed by atoms with Gasteiger partial charge in [-0.15, -0.1) is 0 Å². The van der Waals surface area contributed by atoms with E-state index in [4.69, 9.17) is 9.47 Å². The zero-order valence-corrected chi connectivity index (χ0v) is 21.3. The number of esters is 1. The number of ether oxygens (including phenoxy) is 2. The summed E-state index contributed by atoms with van der Waals surface area (Å²) in [7, 11) is 0. The highest BCUT2D eigenvalue weighted by molar-refractivity contribution is 5.96. The monoisotopic (exact) mass is 528 g/mol. The third-order valence-corrected chi connectivity index (χ3v) is 11.0. The molecular formula is C26H40O11. The van der Waals surface area contributed by atoms with Crippen LogP contribution in [0.5, 0.6) is 0 Å². The van der Waals surface area contributed by atoms with Gasteiger partial charge in [0.25, 0.3) is 0 Å². The fraction of sp³-hybridized carbons (Fsp3) is 0.923. The Hall–Kier alpha value is -1.18. The Balaban J connectivity index is 1.44. The summed E-state index contributed by atoms with van der Waals surface area (Å²) in [6.45, 7) is 2.45. The first-order valence-corrected chi connectivity index (χ1v) is 13.4. The zero-order chi connectivity index (χ0) is 27.1. The van der Waals surface area contributed by atoms with E-state index in [1.54, 1.807) is 6.92 Å². The number of Topliss-reactive ketones (excluding diaryl/α,β-unsaturated/α-hetero) is 1. The van der Waals surface area contributed by atoms with Gasteiger partial charge in [-0.05, 0) is 56.8 Å². The molecule has 0 aromatic carbocycles. The van der Waals surface area contributed by atoms with Gasteiger partial charge >= 0.3 is 5.97 Å².